The van der Waals surface area contributed by atoms with E-state index in [1.165, 1.54) is 0 Å². The molecule has 0 aromatic rings. The Balaban J connectivity index is -0.0000000299. The van der Waals surface area contributed by atoms with E-state index >= 15 is 0 Å². The van der Waals surface area contributed by atoms with Gasteiger partial charge in [-0.05, 0) is 0 Å². The van der Waals surface area contributed by atoms with Gasteiger partial charge in [-0.3, -0.25) is 0 Å². The van der Waals surface area contributed by atoms with Crippen molar-refractivity contribution < 1.29 is 46.9 Å². The van der Waals surface area contributed by atoms with Crippen LogP contribution in [0, 0.1) is 6.92 Å². The molecule has 1 heterocycles. The van der Waals surface area contributed by atoms with Gasteiger partial charge in [0.25, 0.3) is 0 Å². The molecule has 4 N–H and O–H groups in total. The van der Waals surface area contributed by atoms with Crippen molar-refractivity contribution in [1.29, 1.82) is 0 Å². The van der Waals surface area contributed by atoms with E-state index < -0.39 is 0 Å². The maximum Gasteiger partial charge on any atom is 0.104 e. The standard InChI is InChI=1S/C3H6O2.C3H7.3CH4O.Ti/c4-1-3-2-5-3;1-3-2;3*1-2;/h3-4H,1-2H2;1,3H2,2H3;3*2H,1H3;/q;-1;;;;. The molecule has 1 aliphatic rings. The summed E-state index contributed by atoms with van der Waals surface area (Å²) in [5.74, 6) is 0. The van der Waals surface area contributed by atoms with Gasteiger partial charge in [0, 0.05) is 43.0 Å². The molecule has 15 heavy (non-hydrogen) atoms. The molecule has 1 rings (SSSR count). The van der Waals surface area contributed by atoms with E-state index in [-0.39, 0.29) is 34.4 Å². The molecule has 0 radical (unpaired) electrons. The van der Waals surface area contributed by atoms with E-state index in [9.17, 15) is 0 Å². The molecule has 1 aliphatic heterocycles. The molecular weight excluding hydrogens is 236 g/mol. The van der Waals surface area contributed by atoms with Crippen LogP contribution in [0.2, 0.25) is 0 Å². The third kappa shape index (κ3) is 74.8. The third-order valence-corrected chi connectivity index (χ3v) is 0.606. The van der Waals surface area contributed by atoms with Crippen LogP contribution in [0.1, 0.15) is 13.3 Å². The summed E-state index contributed by atoms with van der Waals surface area (Å²) in [5.41, 5.74) is 0. The summed E-state index contributed by atoms with van der Waals surface area (Å²) in [6.07, 6.45) is 1.19. The van der Waals surface area contributed by atoms with Gasteiger partial charge in [0.05, 0.1) is 13.2 Å². The van der Waals surface area contributed by atoms with Crippen LogP contribution in [0.4, 0.5) is 0 Å². The molecule has 6 heteroatoms. The summed E-state index contributed by atoms with van der Waals surface area (Å²) in [6.45, 7) is 6.45. The van der Waals surface area contributed by atoms with Crippen LogP contribution in [-0.4, -0.2) is 61.1 Å². The van der Waals surface area contributed by atoms with E-state index in [1.54, 1.807) is 0 Å². The van der Waals surface area contributed by atoms with Gasteiger partial charge in [0.1, 0.15) is 6.10 Å². The number of rotatable bonds is 1. The van der Waals surface area contributed by atoms with Crippen molar-refractivity contribution in [1.82, 2.24) is 0 Å². The van der Waals surface area contributed by atoms with Crippen molar-refractivity contribution in [2.24, 2.45) is 0 Å². The fraction of sp³-hybridized carbons (Fsp3) is 0.889. The van der Waals surface area contributed by atoms with Crippen LogP contribution in [-0.2, 0) is 26.5 Å². The number of hydrogen-bond acceptors (Lipinski definition) is 5. The third-order valence-electron chi connectivity index (χ3n) is 0.606. The Morgan fingerprint density at radius 2 is 1.33 bits per heavy atom. The molecule has 1 atom stereocenters. The van der Waals surface area contributed by atoms with E-state index in [2.05, 4.69) is 11.7 Å². The number of hydrogen-bond donors (Lipinski definition) is 4. The molecule has 0 bridgehead atoms. The summed E-state index contributed by atoms with van der Waals surface area (Å²) in [5, 5.41) is 29.1. The maximum atomic E-state index is 8.08. The van der Waals surface area contributed by atoms with Crippen LogP contribution in [0.5, 0.6) is 0 Å². The van der Waals surface area contributed by atoms with Gasteiger partial charge < -0.3 is 32.1 Å². The predicted octanol–water partition coefficient (Wildman–Crippen LogP) is -0.569. The monoisotopic (exact) mass is 261 g/mol. The van der Waals surface area contributed by atoms with Crippen LogP contribution < -0.4 is 0 Å². The largest absolute Gasteiger partial charge is 0.400 e. The molecule has 0 saturated carbocycles. The average molecular weight is 261 g/mol. The molecule has 0 spiro atoms. The second-order valence-electron chi connectivity index (χ2n) is 1.64. The second kappa shape index (κ2) is 46.9. The SMILES string of the molecule is CO.CO.CO.OCC1CO1.[CH2-]CC.[Ti]. The first-order valence-corrected chi connectivity index (χ1v) is 4.21. The summed E-state index contributed by atoms with van der Waals surface area (Å²) < 4.78 is 4.61. The van der Waals surface area contributed by atoms with E-state index in [0.717, 1.165) is 34.4 Å². The van der Waals surface area contributed by atoms with Crippen LogP contribution in [0.15, 0.2) is 0 Å². The minimum absolute atomic E-state index is 0. The Hall–Kier alpha value is 0.514. The first-order valence-electron chi connectivity index (χ1n) is 4.21. The predicted molar refractivity (Wildman–Crippen MR) is 56.9 cm³/mol. The van der Waals surface area contributed by atoms with Crippen molar-refractivity contribution >= 4 is 0 Å². The number of aliphatic hydroxyl groups is 4. The van der Waals surface area contributed by atoms with Gasteiger partial charge in [-0.25, -0.2) is 0 Å². The zero-order chi connectivity index (χ0) is 12.4. The molecular formula is C9H25O5Ti-. The molecule has 1 saturated heterocycles. The average Bonchev–Trinajstić information content (AvgIpc) is 3.11. The number of ether oxygens (including phenoxy) is 1. The molecule has 0 aromatic heterocycles. The minimum Gasteiger partial charge on any atom is -0.400 e. The molecule has 0 aliphatic carbocycles. The van der Waals surface area contributed by atoms with Crippen LogP contribution in [0.25, 0.3) is 0 Å². The van der Waals surface area contributed by atoms with Crippen LogP contribution in [0.3, 0.4) is 0 Å². The molecule has 1 fully saturated rings. The molecule has 0 aromatic carbocycles. The topological polar surface area (TPSA) is 93.5 Å². The van der Waals surface area contributed by atoms with Gasteiger partial charge >= 0.3 is 0 Å². The van der Waals surface area contributed by atoms with Gasteiger partial charge in [0.2, 0.25) is 0 Å². The van der Waals surface area contributed by atoms with Crippen molar-refractivity contribution in [3.8, 4) is 0 Å². The Morgan fingerprint density at radius 3 is 1.33 bits per heavy atom. The van der Waals surface area contributed by atoms with E-state index in [1.807, 2.05) is 6.92 Å². The minimum atomic E-state index is 0. The Morgan fingerprint density at radius 1 is 1.13 bits per heavy atom. The smallest absolute Gasteiger partial charge is 0.104 e. The van der Waals surface area contributed by atoms with Gasteiger partial charge in [-0.1, -0.05) is 6.92 Å². The fourth-order valence-corrected chi connectivity index (χ4v) is 0.173. The molecule has 96 valence electrons. The zero-order valence-electron chi connectivity index (χ0n) is 10.1. The Labute approximate surface area is 108 Å². The fourth-order valence-electron chi connectivity index (χ4n) is 0.173. The van der Waals surface area contributed by atoms with Crippen LogP contribution >= 0.6 is 0 Å². The summed E-state index contributed by atoms with van der Waals surface area (Å²) >= 11 is 0. The maximum absolute atomic E-state index is 8.08. The molecule has 5 nitrogen and oxygen atoms in total. The first kappa shape index (κ1) is 29.6. The second-order valence-corrected chi connectivity index (χ2v) is 1.64. The molecule has 1 unspecified atom stereocenters. The number of epoxide rings is 1. The van der Waals surface area contributed by atoms with Crippen molar-refractivity contribution in [2.75, 3.05) is 34.5 Å². The summed E-state index contributed by atoms with van der Waals surface area (Å²) in [6, 6.07) is 0. The normalized spacial score (nSPS) is 13.8. The summed E-state index contributed by atoms with van der Waals surface area (Å²) in [7, 11) is 3.00. The quantitative estimate of drug-likeness (QED) is 0.288. The number of aliphatic hydroxyl groups excluding tert-OH is 4. The van der Waals surface area contributed by atoms with Gasteiger partial charge in [0.15, 0.2) is 0 Å². The summed E-state index contributed by atoms with van der Waals surface area (Å²) in [4.78, 5) is 0. The van der Waals surface area contributed by atoms with Crippen molar-refractivity contribution in [2.45, 2.75) is 19.4 Å². The van der Waals surface area contributed by atoms with Crippen molar-refractivity contribution in [3.05, 3.63) is 6.92 Å². The van der Waals surface area contributed by atoms with Gasteiger partial charge in [-0.2, -0.15) is 6.42 Å². The molecule has 0 amide bonds. The van der Waals surface area contributed by atoms with E-state index in [4.69, 9.17) is 20.4 Å². The first-order chi connectivity index (χ1) is 6.85. The van der Waals surface area contributed by atoms with E-state index in [0.29, 0.717) is 0 Å². The van der Waals surface area contributed by atoms with Crippen molar-refractivity contribution in [3.63, 3.8) is 0 Å². The Bertz CT molecular complexity index is 53.8. The van der Waals surface area contributed by atoms with Gasteiger partial charge in [-0.15, -0.1) is 0 Å². The Kier molecular flexibility index (Phi) is 92.5. The zero-order valence-corrected chi connectivity index (χ0v) is 11.7.